The summed E-state index contributed by atoms with van der Waals surface area (Å²) in [7, 11) is 0. The molecular weight excluding hydrogens is 198 g/mol. The molecule has 0 aliphatic heterocycles. The lowest BCUT2D eigenvalue weighted by Crippen LogP contribution is -2.29. The second-order valence-electron chi connectivity index (χ2n) is 4.74. The van der Waals surface area contributed by atoms with Crippen LogP contribution in [0.4, 0.5) is 5.69 Å². The molecule has 16 heavy (non-hydrogen) atoms. The van der Waals surface area contributed by atoms with Crippen LogP contribution in [0.15, 0.2) is 24.3 Å². The molecule has 0 saturated heterocycles. The molecule has 0 unspecified atom stereocenters. The Hall–Kier alpha value is -1.02. The van der Waals surface area contributed by atoms with Gasteiger partial charge in [0, 0.05) is 18.8 Å². The summed E-state index contributed by atoms with van der Waals surface area (Å²) in [4.78, 5) is 2.32. The highest BCUT2D eigenvalue weighted by Gasteiger charge is 2.08. The molecule has 1 aromatic rings. The standard InChI is InChI=1S/C14H22NO/c1-12(2)11-15(8-5-9-16)14-7-4-6-13(3)10-14/h4,6-7,10,12H,5,8-9,11H2,1-3H3. The molecule has 0 saturated carbocycles. The van der Waals surface area contributed by atoms with Crippen LogP contribution in [0.2, 0.25) is 0 Å². The minimum Gasteiger partial charge on any atom is -0.371 e. The van der Waals surface area contributed by atoms with Crippen LogP contribution >= 0.6 is 0 Å². The third kappa shape index (κ3) is 4.23. The lowest BCUT2D eigenvalue weighted by Gasteiger charge is -2.26. The first-order valence-corrected chi connectivity index (χ1v) is 6.03. The molecule has 0 N–H and O–H groups in total. The second-order valence-corrected chi connectivity index (χ2v) is 4.74. The molecule has 0 spiro atoms. The van der Waals surface area contributed by atoms with E-state index >= 15 is 0 Å². The molecule has 0 heterocycles. The smallest absolute Gasteiger partial charge is 0.0839 e. The van der Waals surface area contributed by atoms with Gasteiger partial charge in [-0.05, 0) is 37.0 Å². The van der Waals surface area contributed by atoms with Crippen molar-refractivity contribution in [1.29, 1.82) is 0 Å². The van der Waals surface area contributed by atoms with Gasteiger partial charge in [-0.15, -0.1) is 0 Å². The van der Waals surface area contributed by atoms with Gasteiger partial charge in [0.1, 0.15) is 0 Å². The summed E-state index contributed by atoms with van der Waals surface area (Å²) in [6, 6.07) is 8.49. The van der Waals surface area contributed by atoms with Crippen molar-refractivity contribution in [1.82, 2.24) is 0 Å². The van der Waals surface area contributed by atoms with E-state index in [2.05, 4.69) is 49.9 Å². The molecule has 0 atom stereocenters. The van der Waals surface area contributed by atoms with Gasteiger partial charge in [-0.3, -0.25) is 0 Å². The van der Waals surface area contributed by atoms with E-state index in [1.807, 2.05) is 0 Å². The summed E-state index contributed by atoms with van der Waals surface area (Å²) in [5.74, 6) is 0.618. The summed E-state index contributed by atoms with van der Waals surface area (Å²) < 4.78 is 0. The molecule has 1 aromatic carbocycles. The largest absolute Gasteiger partial charge is 0.371 e. The molecule has 1 radical (unpaired) electrons. The summed E-state index contributed by atoms with van der Waals surface area (Å²) >= 11 is 0. The zero-order valence-corrected chi connectivity index (χ0v) is 10.6. The van der Waals surface area contributed by atoms with Gasteiger partial charge in [-0.2, -0.15) is 0 Å². The highest BCUT2D eigenvalue weighted by atomic mass is 16.3. The predicted octanol–water partition coefficient (Wildman–Crippen LogP) is 3.28. The first kappa shape index (κ1) is 13.0. The van der Waals surface area contributed by atoms with Crippen molar-refractivity contribution in [2.24, 2.45) is 5.92 Å². The van der Waals surface area contributed by atoms with Gasteiger partial charge in [-0.1, -0.05) is 26.0 Å². The lowest BCUT2D eigenvalue weighted by molar-refractivity contribution is 0.190. The van der Waals surface area contributed by atoms with Gasteiger partial charge in [0.2, 0.25) is 0 Å². The summed E-state index contributed by atoms with van der Waals surface area (Å²) in [6.07, 6.45) is 0.723. The third-order valence-corrected chi connectivity index (χ3v) is 2.52. The van der Waals surface area contributed by atoms with Gasteiger partial charge in [0.15, 0.2) is 0 Å². The fraction of sp³-hybridized carbons (Fsp3) is 0.571. The Labute approximate surface area is 98.9 Å². The predicted molar refractivity (Wildman–Crippen MR) is 68.4 cm³/mol. The van der Waals surface area contributed by atoms with Crippen LogP contribution in [0.25, 0.3) is 0 Å². The van der Waals surface area contributed by atoms with Gasteiger partial charge in [-0.25, -0.2) is 5.11 Å². The van der Waals surface area contributed by atoms with Crippen LogP contribution in [0, 0.1) is 12.8 Å². The van der Waals surface area contributed by atoms with Crippen LogP contribution in [-0.2, 0) is 5.11 Å². The first-order valence-electron chi connectivity index (χ1n) is 6.03. The van der Waals surface area contributed by atoms with Crippen LogP contribution in [0.1, 0.15) is 25.8 Å². The van der Waals surface area contributed by atoms with E-state index in [-0.39, 0.29) is 6.61 Å². The molecule has 0 aromatic heterocycles. The summed E-state index contributed by atoms with van der Waals surface area (Å²) in [5.41, 5.74) is 2.51. The second kappa shape index (κ2) is 6.54. The van der Waals surface area contributed by atoms with Crippen molar-refractivity contribution >= 4 is 5.69 Å². The Morgan fingerprint density at radius 1 is 1.31 bits per heavy atom. The quantitative estimate of drug-likeness (QED) is 0.721. The number of hydrogen-bond donors (Lipinski definition) is 0. The molecule has 0 fully saturated rings. The van der Waals surface area contributed by atoms with Crippen LogP contribution in [-0.4, -0.2) is 19.7 Å². The SMILES string of the molecule is Cc1cccc(N(CCC[O])CC(C)C)c1. The highest BCUT2D eigenvalue weighted by Crippen LogP contribution is 2.17. The van der Waals surface area contributed by atoms with E-state index in [9.17, 15) is 5.11 Å². The van der Waals surface area contributed by atoms with Crippen molar-refractivity contribution in [2.45, 2.75) is 27.2 Å². The number of aryl methyl sites for hydroxylation is 1. The number of nitrogens with zero attached hydrogens (tertiary/aromatic N) is 1. The summed E-state index contributed by atoms with van der Waals surface area (Å²) in [6.45, 7) is 8.42. The van der Waals surface area contributed by atoms with E-state index in [4.69, 9.17) is 0 Å². The maximum Gasteiger partial charge on any atom is 0.0839 e. The van der Waals surface area contributed by atoms with Gasteiger partial charge in [0.05, 0.1) is 6.61 Å². The normalized spacial score (nSPS) is 10.8. The van der Waals surface area contributed by atoms with Crippen LogP contribution < -0.4 is 4.90 Å². The molecule has 2 nitrogen and oxygen atoms in total. The van der Waals surface area contributed by atoms with E-state index in [0.29, 0.717) is 5.92 Å². The van der Waals surface area contributed by atoms with Crippen LogP contribution in [0.5, 0.6) is 0 Å². The average molecular weight is 220 g/mol. The first-order chi connectivity index (χ1) is 7.63. The average Bonchev–Trinajstić information content (AvgIpc) is 2.23. The van der Waals surface area contributed by atoms with Crippen molar-refractivity contribution in [2.75, 3.05) is 24.6 Å². The molecule has 1 rings (SSSR count). The Balaban J connectivity index is 2.74. The van der Waals surface area contributed by atoms with Crippen molar-refractivity contribution < 1.29 is 5.11 Å². The van der Waals surface area contributed by atoms with Crippen molar-refractivity contribution in [3.05, 3.63) is 29.8 Å². The monoisotopic (exact) mass is 220 g/mol. The van der Waals surface area contributed by atoms with E-state index < -0.39 is 0 Å². The fourth-order valence-corrected chi connectivity index (χ4v) is 1.85. The minimum absolute atomic E-state index is 0.0143. The Kier molecular flexibility index (Phi) is 5.33. The molecule has 0 amide bonds. The maximum absolute atomic E-state index is 10.6. The maximum atomic E-state index is 10.6. The zero-order chi connectivity index (χ0) is 12.0. The van der Waals surface area contributed by atoms with Gasteiger partial charge in [0.25, 0.3) is 0 Å². The van der Waals surface area contributed by atoms with Gasteiger partial charge >= 0.3 is 0 Å². The molecule has 0 bridgehead atoms. The Morgan fingerprint density at radius 2 is 2.06 bits per heavy atom. The lowest BCUT2D eigenvalue weighted by atomic mass is 10.1. The highest BCUT2D eigenvalue weighted by molar-refractivity contribution is 5.48. The Morgan fingerprint density at radius 3 is 2.62 bits per heavy atom. The number of benzene rings is 1. The van der Waals surface area contributed by atoms with E-state index in [1.54, 1.807) is 0 Å². The van der Waals surface area contributed by atoms with E-state index in [0.717, 1.165) is 19.5 Å². The summed E-state index contributed by atoms with van der Waals surface area (Å²) in [5, 5.41) is 10.6. The van der Waals surface area contributed by atoms with Crippen molar-refractivity contribution in [3.63, 3.8) is 0 Å². The minimum atomic E-state index is 0.0143. The molecule has 89 valence electrons. The topological polar surface area (TPSA) is 23.1 Å². The number of rotatable bonds is 6. The zero-order valence-electron chi connectivity index (χ0n) is 10.6. The third-order valence-electron chi connectivity index (χ3n) is 2.52. The molecule has 0 aliphatic rings. The van der Waals surface area contributed by atoms with Crippen LogP contribution in [0.3, 0.4) is 0 Å². The van der Waals surface area contributed by atoms with Crippen molar-refractivity contribution in [3.8, 4) is 0 Å². The molecule has 0 aliphatic carbocycles. The van der Waals surface area contributed by atoms with E-state index in [1.165, 1.54) is 11.3 Å². The number of hydrogen-bond acceptors (Lipinski definition) is 1. The fourth-order valence-electron chi connectivity index (χ4n) is 1.85. The molecule has 2 heteroatoms. The Bertz CT molecular complexity index is 309. The molecular formula is C14H22NO. The van der Waals surface area contributed by atoms with Gasteiger partial charge < -0.3 is 4.90 Å². The number of anilines is 1.